The number of aromatic nitrogens is 2. The van der Waals surface area contributed by atoms with Crippen molar-refractivity contribution < 1.29 is 23.6 Å². The number of rotatable bonds is 6. The highest BCUT2D eigenvalue weighted by Crippen LogP contribution is 2.31. The number of amides is 1. The highest BCUT2D eigenvalue weighted by atomic mass is 16.6. The van der Waals surface area contributed by atoms with Crippen molar-refractivity contribution in [1.82, 2.24) is 10.3 Å². The number of hydrogen-bond acceptors (Lipinski definition) is 7. The number of hydrogen-bond donors (Lipinski definition) is 1. The van der Waals surface area contributed by atoms with Crippen LogP contribution in [0, 0.1) is 0 Å². The maximum Gasteiger partial charge on any atom is 0.270 e. The molecule has 0 saturated heterocycles. The first-order valence-electron chi connectivity index (χ1n) is 8.60. The van der Waals surface area contributed by atoms with E-state index in [2.05, 4.69) is 22.2 Å². The highest BCUT2D eigenvalue weighted by Gasteiger charge is 2.29. The van der Waals surface area contributed by atoms with E-state index < -0.39 is 12.0 Å². The van der Waals surface area contributed by atoms with Crippen LogP contribution in [-0.4, -0.2) is 35.5 Å². The van der Waals surface area contributed by atoms with Crippen LogP contribution < -0.4 is 19.5 Å². The molecule has 4 rings (SSSR count). The van der Waals surface area contributed by atoms with Gasteiger partial charge in [-0.15, -0.1) is 0 Å². The highest BCUT2D eigenvalue weighted by molar-refractivity contribution is 5.96. The number of para-hydroxylation sites is 2. The lowest BCUT2D eigenvalue weighted by Gasteiger charge is -2.25. The molecule has 1 N–H and O–H groups in total. The van der Waals surface area contributed by atoms with Crippen molar-refractivity contribution in [3.05, 3.63) is 61.2 Å². The summed E-state index contributed by atoms with van der Waals surface area (Å²) in [6.07, 6.45) is 0.854. The number of carbonyl (C=O) groups is 1. The molecular formula is C20H17N3O5. The molecule has 1 aromatic heterocycles. The van der Waals surface area contributed by atoms with Gasteiger partial charge >= 0.3 is 0 Å². The first kappa shape index (κ1) is 17.6. The molecule has 28 heavy (non-hydrogen) atoms. The molecule has 8 heteroatoms. The Labute approximate surface area is 160 Å². The van der Waals surface area contributed by atoms with Crippen LogP contribution in [0.3, 0.4) is 0 Å². The Bertz CT molecular complexity index is 984. The molecule has 142 valence electrons. The number of fused-ring (bicyclic) bond motifs is 1. The fourth-order valence-electron chi connectivity index (χ4n) is 2.67. The largest absolute Gasteiger partial charge is 0.490 e. The third kappa shape index (κ3) is 3.66. The van der Waals surface area contributed by atoms with Crippen molar-refractivity contribution >= 4 is 11.7 Å². The minimum absolute atomic E-state index is 0.0960. The molecule has 1 aliphatic heterocycles. The minimum Gasteiger partial charge on any atom is -0.490 e. The molecule has 2 aromatic carbocycles. The number of benzene rings is 2. The van der Waals surface area contributed by atoms with Crippen LogP contribution in [0.1, 0.15) is 0 Å². The van der Waals surface area contributed by atoms with Gasteiger partial charge in [-0.1, -0.05) is 24.8 Å². The number of nitrogens with zero attached hydrogens (tertiary/aromatic N) is 2. The molecular weight excluding hydrogens is 362 g/mol. The Balaban J connectivity index is 1.46. The third-order valence-corrected chi connectivity index (χ3v) is 4.03. The fourth-order valence-corrected chi connectivity index (χ4v) is 2.67. The van der Waals surface area contributed by atoms with E-state index in [0.717, 1.165) is 0 Å². The normalized spacial score (nSPS) is 14.9. The summed E-state index contributed by atoms with van der Waals surface area (Å²) >= 11 is 0. The first-order chi connectivity index (χ1) is 13.7. The van der Waals surface area contributed by atoms with Gasteiger partial charge in [0.15, 0.2) is 17.2 Å². The summed E-state index contributed by atoms with van der Waals surface area (Å²) in [5.74, 6) is 1.61. The van der Waals surface area contributed by atoms with E-state index in [0.29, 0.717) is 35.1 Å². The van der Waals surface area contributed by atoms with E-state index >= 15 is 0 Å². The summed E-state index contributed by atoms with van der Waals surface area (Å²) in [6.45, 7) is 4.12. The second-order valence-corrected chi connectivity index (χ2v) is 5.94. The smallest absolute Gasteiger partial charge is 0.270 e. The zero-order chi connectivity index (χ0) is 19.3. The van der Waals surface area contributed by atoms with Crippen LogP contribution in [0.5, 0.6) is 17.2 Å². The van der Waals surface area contributed by atoms with E-state index in [1.54, 1.807) is 42.5 Å². The quantitative estimate of drug-likeness (QED) is 0.658. The topological polar surface area (TPSA) is 95.7 Å². The van der Waals surface area contributed by atoms with Gasteiger partial charge in [0, 0.05) is 5.56 Å². The molecule has 1 amide bonds. The molecule has 0 fully saturated rings. The van der Waals surface area contributed by atoms with E-state index in [9.17, 15) is 4.79 Å². The fraction of sp³-hybridized carbons (Fsp3) is 0.150. The van der Waals surface area contributed by atoms with Crippen molar-refractivity contribution in [1.29, 1.82) is 0 Å². The van der Waals surface area contributed by atoms with E-state index in [1.807, 2.05) is 12.1 Å². The van der Waals surface area contributed by atoms with Crippen molar-refractivity contribution in [2.45, 2.75) is 6.10 Å². The molecule has 0 bridgehead atoms. The lowest BCUT2D eigenvalue weighted by molar-refractivity contribution is -0.125. The van der Waals surface area contributed by atoms with Gasteiger partial charge in [0.05, 0.1) is 0 Å². The number of carbonyl (C=O) groups excluding carboxylic acids is 1. The van der Waals surface area contributed by atoms with Gasteiger partial charge in [-0.3, -0.25) is 4.79 Å². The molecule has 0 aliphatic carbocycles. The Morgan fingerprint density at radius 1 is 1.18 bits per heavy atom. The zero-order valence-electron chi connectivity index (χ0n) is 14.8. The summed E-state index contributed by atoms with van der Waals surface area (Å²) in [5, 5.41) is 10.3. The average Bonchev–Trinajstić information content (AvgIpc) is 3.20. The van der Waals surface area contributed by atoms with Crippen LogP contribution in [0.2, 0.25) is 0 Å². The second-order valence-electron chi connectivity index (χ2n) is 5.94. The van der Waals surface area contributed by atoms with Gasteiger partial charge in [-0.05, 0) is 46.7 Å². The maximum absolute atomic E-state index is 12.6. The minimum atomic E-state index is -0.811. The summed E-state index contributed by atoms with van der Waals surface area (Å²) in [5.41, 5.74) is 1.12. The van der Waals surface area contributed by atoms with Crippen molar-refractivity contribution in [3.8, 4) is 28.5 Å². The van der Waals surface area contributed by atoms with Gasteiger partial charge in [-0.2, -0.15) is 0 Å². The summed E-state index contributed by atoms with van der Waals surface area (Å²) in [7, 11) is 0. The Hall–Kier alpha value is -3.81. The Kier molecular flexibility index (Phi) is 4.92. The van der Waals surface area contributed by atoms with Gasteiger partial charge in [-0.25, -0.2) is 4.63 Å². The molecule has 1 aliphatic rings. The maximum atomic E-state index is 12.6. The van der Waals surface area contributed by atoms with Crippen molar-refractivity contribution in [3.63, 3.8) is 0 Å². The SMILES string of the molecule is C=CCOc1ccc(-c2nonc2NC(=O)[C@H]2COc3ccccc3O2)cc1. The molecule has 0 radical (unpaired) electrons. The summed E-state index contributed by atoms with van der Waals surface area (Å²) in [6, 6.07) is 14.3. The Morgan fingerprint density at radius 3 is 2.75 bits per heavy atom. The molecule has 3 aromatic rings. The second kappa shape index (κ2) is 7.83. The molecule has 0 saturated carbocycles. The van der Waals surface area contributed by atoms with E-state index in [1.165, 1.54) is 0 Å². The molecule has 1 atom stereocenters. The summed E-state index contributed by atoms with van der Waals surface area (Å²) in [4.78, 5) is 12.6. The summed E-state index contributed by atoms with van der Waals surface area (Å²) < 4.78 is 21.5. The molecule has 8 nitrogen and oxygen atoms in total. The molecule has 0 spiro atoms. The van der Waals surface area contributed by atoms with Crippen LogP contribution >= 0.6 is 0 Å². The zero-order valence-corrected chi connectivity index (χ0v) is 14.8. The Morgan fingerprint density at radius 2 is 1.96 bits per heavy atom. The predicted molar refractivity (Wildman–Crippen MR) is 100 cm³/mol. The number of anilines is 1. The van der Waals surface area contributed by atoms with Gasteiger partial charge in [0.25, 0.3) is 5.91 Å². The predicted octanol–water partition coefficient (Wildman–Crippen LogP) is 3.08. The lowest BCUT2D eigenvalue weighted by atomic mass is 10.1. The van der Waals surface area contributed by atoms with E-state index in [-0.39, 0.29) is 12.4 Å². The number of nitrogens with one attached hydrogen (secondary N) is 1. The van der Waals surface area contributed by atoms with Crippen LogP contribution in [0.25, 0.3) is 11.3 Å². The average molecular weight is 379 g/mol. The van der Waals surface area contributed by atoms with Crippen molar-refractivity contribution in [2.24, 2.45) is 0 Å². The monoisotopic (exact) mass is 379 g/mol. The lowest BCUT2D eigenvalue weighted by Crippen LogP contribution is -2.40. The van der Waals surface area contributed by atoms with E-state index in [4.69, 9.17) is 18.8 Å². The molecule has 2 heterocycles. The van der Waals surface area contributed by atoms with Gasteiger partial charge in [0.1, 0.15) is 19.0 Å². The third-order valence-electron chi connectivity index (χ3n) is 4.03. The van der Waals surface area contributed by atoms with Gasteiger partial charge in [0.2, 0.25) is 11.9 Å². The first-order valence-corrected chi connectivity index (χ1v) is 8.60. The number of ether oxygens (including phenoxy) is 3. The van der Waals surface area contributed by atoms with Crippen molar-refractivity contribution in [2.75, 3.05) is 18.5 Å². The van der Waals surface area contributed by atoms with Gasteiger partial charge < -0.3 is 19.5 Å². The standard InChI is InChI=1S/C20H17N3O5/c1-2-11-25-14-9-7-13(8-10-14)18-19(23-28-22-18)21-20(24)17-12-26-15-5-3-4-6-16(15)27-17/h2-10,17H,1,11-12H2,(H,21,23,24)/t17-/m1/s1. The molecule has 0 unspecified atom stereocenters. The van der Waals surface area contributed by atoms with Crippen LogP contribution in [0.4, 0.5) is 5.82 Å². The van der Waals surface area contributed by atoms with Crippen LogP contribution in [-0.2, 0) is 4.79 Å². The van der Waals surface area contributed by atoms with Crippen LogP contribution in [0.15, 0.2) is 65.8 Å².